The third kappa shape index (κ3) is 3.76. The van der Waals surface area contributed by atoms with E-state index in [9.17, 15) is 4.79 Å². The molecule has 1 aliphatic carbocycles. The third-order valence-electron chi connectivity index (χ3n) is 3.62. The van der Waals surface area contributed by atoms with Crippen LogP contribution >= 0.6 is 0 Å². The Labute approximate surface area is 112 Å². The number of carboxylic acids is 1. The first kappa shape index (κ1) is 14.0. The molecular weight excluding hydrogens is 246 g/mol. The summed E-state index contributed by atoms with van der Waals surface area (Å²) < 4.78 is 5.16. The van der Waals surface area contributed by atoms with Crippen LogP contribution in [0.5, 0.6) is 0 Å². The lowest BCUT2D eigenvalue weighted by atomic mass is 9.86. The molecule has 1 saturated carbocycles. The second kappa shape index (κ2) is 6.14. The number of carbonyl (C=O) groups is 1. The fourth-order valence-corrected chi connectivity index (χ4v) is 2.35. The van der Waals surface area contributed by atoms with Gasteiger partial charge in [-0.3, -0.25) is 4.79 Å². The van der Waals surface area contributed by atoms with E-state index in [4.69, 9.17) is 9.63 Å². The molecule has 1 aliphatic rings. The Hall–Kier alpha value is -1.43. The number of nitrogens with zero attached hydrogens (tertiary/aromatic N) is 2. The smallest absolute Gasteiger partial charge is 0.306 e. The SMILES string of the molecule is CC(C)c1noc(CNC2CCC(C(=O)O)CC2)n1. The fourth-order valence-electron chi connectivity index (χ4n) is 2.35. The lowest BCUT2D eigenvalue weighted by Gasteiger charge is -2.26. The number of aliphatic carboxylic acids is 1. The Morgan fingerprint density at radius 2 is 2.11 bits per heavy atom. The van der Waals surface area contributed by atoms with Crippen LogP contribution in [0, 0.1) is 5.92 Å². The van der Waals surface area contributed by atoms with Gasteiger partial charge in [-0.05, 0) is 25.7 Å². The van der Waals surface area contributed by atoms with Crippen molar-refractivity contribution in [2.45, 2.75) is 58.0 Å². The first-order valence-corrected chi connectivity index (χ1v) is 6.85. The number of hydrogen-bond donors (Lipinski definition) is 2. The van der Waals surface area contributed by atoms with Gasteiger partial charge in [0.25, 0.3) is 0 Å². The van der Waals surface area contributed by atoms with Crippen LogP contribution < -0.4 is 5.32 Å². The zero-order valence-corrected chi connectivity index (χ0v) is 11.4. The topological polar surface area (TPSA) is 88.2 Å². The van der Waals surface area contributed by atoms with Crippen LogP contribution in [0.2, 0.25) is 0 Å². The van der Waals surface area contributed by atoms with Crippen molar-refractivity contribution in [2.24, 2.45) is 5.92 Å². The summed E-state index contributed by atoms with van der Waals surface area (Å²) in [6.07, 6.45) is 3.27. The number of aromatic nitrogens is 2. The van der Waals surface area contributed by atoms with Gasteiger partial charge < -0.3 is 14.9 Å². The molecule has 1 aromatic rings. The van der Waals surface area contributed by atoms with Crippen LogP contribution in [0.3, 0.4) is 0 Å². The minimum absolute atomic E-state index is 0.172. The van der Waals surface area contributed by atoms with Gasteiger partial charge in [-0.1, -0.05) is 19.0 Å². The highest BCUT2D eigenvalue weighted by Crippen LogP contribution is 2.24. The molecule has 2 rings (SSSR count). The predicted molar refractivity (Wildman–Crippen MR) is 68.6 cm³/mol. The second-order valence-corrected chi connectivity index (χ2v) is 5.47. The van der Waals surface area contributed by atoms with Crippen molar-refractivity contribution in [1.29, 1.82) is 0 Å². The third-order valence-corrected chi connectivity index (χ3v) is 3.62. The van der Waals surface area contributed by atoms with Gasteiger partial charge in [0.05, 0.1) is 12.5 Å². The highest BCUT2D eigenvalue weighted by molar-refractivity contribution is 5.70. The molecule has 1 aromatic heterocycles. The Kier molecular flexibility index (Phi) is 4.52. The molecule has 6 heteroatoms. The molecule has 2 N–H and O–H groups in total. The van der Waals surface area contributed by atoms with Crippen molar-refractivity contribution in [3.8, 4) is 0 Å². The molecule has 0 saturated heterocycles. The first-order chi connectivity index (χ1) is 9.06. The normalized spacial score (nSPS) is 23.7. The van der Waals surface area contributed by atoms with Gasteiger partial charge in [0.15, 0.2) is 5.82 Å². The first-order valence-electron chi connectivity index (χ1n) is 6.85. The molecule has 1 heterocycles. The molecule has 0 aliphatic heterocycles. The molecule has 106 valence electrons. The minimum atomic E-state index is -0.670. The molecule has 1 fully saturated rings. The summed E-state index contributed by atoms with van der Waals surface area (Å²) in [6, 6.07) is 0.352. The highest BCUT2D eigenvalue weighted by atomic mass is 16.5. The zero-order valence-electron chi connectivity index (χ0n) is 11.4. The van der Waals surface area contributed by atoms with Crippen molar-refractivity contribution in [3.63, 3.8) is 0 Å². The highest BCUT2D eigenvalue weighted by Gasteiger charge is 2.25. The molecule has 0 spiro atoms. The summed E-state index contributed by atoms with van der Waals surface area (Å²) in [5.74, 6) is 0.755. The molecular formula is C13H21N3O3. The van der Waals surface area contributed by atoms with Crippen molar-refractivity contribution in [1.82, 2.24) is 15.5 Å². The van der Waals surface area contributed by atoms with E-state index in [0.29, 0.717) is 18.5 Å². The van der Waals surface area contributed by atoms with Crippen LogP contribution in [-0.2, 0) is 11.3 Å². The van der Waals surface area contributed by atoms with E-state index in [1.165, 1.54) is 0 Å². The summed E-state index contributed by atoms with van der Waals surface area (Å²) in [6.45, 7) is 4.60. The molecule has 0 atom stereocenters. The molecule has 6 nitrogen and oxygen atoms in total. The minimum Gasteiger partial charge on any atom is -0.481 e. The maximum absolute atomic E-state index is 10.9. The van der Waals surface area contributed by atoms with E-state index in [2.05, 4.69) is 15.5 Å². The van der Waals surface area contributed by atoms with Crippen LogP contribution in [0.4, 0.5) is 0 Å². The van der Waals surface area contributed by atoms with Crippen molar-refractivity contribution in [2.75, 3.05) is 0 Å². The Balaban J connectivity index is 1.75. The van der Waals surface area contributed by atoms with Crippen LogP contribution in [-0.4, -0.2) is 27.3 Å². The summed E-state index contributed by atoms with van der Waals surface area (Å²) in [5, 5.41) is 16.2. The predicted octanol–water partition coefficient (Wildman–Crippen LogP) is 1.93. The number of carboxylic acid groups (broad SMARTS) is 1. The zero-order chi connectivity index (χ0) is 13.8. The van der Waals surface area contributed by atoms with E-state index >= 15 is 0 Å². The van der Waals surface area contributed by atoms with Gasteiger partial charge in [0.2, 0.25) is 5.89 Å². The van der Waals surface area contributed by atoms with Gasteiger partial charge in [-0.15, -0.1) is 0 Å². The molecule has 19 heavy (non-hydrogen) atoms. The second-order valence-electron chi connectivity index (χ2n) is 5.47. The van der Waals surface area contributed by atoms with E-state index < -0.39 is 5.97 Å². The summed E-state index contributed by atoms with van der Waals surface area (Å²) in [5.41, 5.74) is 0. The average molecular weight is 267 g/mol. The standard InChI is InChI=1S/C13H21N3O3/c1-8(2)12-15-11(19-16-12)7-14-10-5-3-9(4-6-10)13(17)18/h8-10,14H,3-7H2,1-2H3,(H,17,18). The van der Waals surface area contributed by atoms with E-state index in [1.54, 1.807) is 0 Å². The maximum atomic E-state index is 10.9. The van der Waals surface area contributed by atoms with Gasteiger partial charge in [0.1, 0.15) is 0 Å². The summed E-state index contributed by atoms with van der Waals surface area (Å²) >= 11 is 0. The van der Waals surface area contributed by atoms with E-state index in [0.717, 1.165) is 31.5 Å². The van der Waals surface area contributed by atoms with Gasteiger partial charge in [-0.25, -0.2) is 0 Å². The van der Waals surface area contributed by atoms with Crippen molar-refractivity contribution in [3.05, 3.63) is 11.7 Å². The largest absolute Gasteiger partial charge is 0.481 e. The fraction of sp³-hybridized carbons (Fsp3) is 0.769. The Bertz CT molecular complexity index is 423. The van der Waals surface area contributed by atoms with Crippen molar-refractivity contribution < 1.29 is 14.4 Å². The molecule has 0 unspecified atom stereocenters. The lowest BCUT2D eigenvalue weighted by Crippen LogP contribution is -2.34. The number of hydrogen-bond acceptors (Lipinski definition) is 5. The lowest BCUT2D eigenvalue weighted by molar-refractivity contribution is -0.142. The Morgan fingerprint density at radius 1 is 1.42 bits per heavy atom. The summed E-state index contributed by atoms with van der Waals surface area (Å²) in [4.78, 5) is 15.2. The van der Waals surface area contributed by atoms with Gasteiger partial charge >= 0.3 is 5.97 Å². The molecule has 0 bridgehead atoms. The summed E-state index contributed by atoms with van der Waals surface area (Å²) in [7, 11) is 0. The van der Waals surface area contributed by atoms with Gasteiger partial charge in [0, 0.05) is 12.0 Å². The van der Waals surface area contributed by atoms with Crippen molar-refractivity contribution >= 4 is 5.97 Å². The number of rotatable bonds is 5. The monoisotopic (exact) mass is 267 g/mol. The molecule has 0 radical (unpaired) electrons. The average Bonchev–Trinajstić information content (AvgIpc) is 2.86. The maximum Gasteiger partial charge on any atom is 0.306 e. The van der Waals surface area contributed by atoms with E-state index in [1.807, 2.05) is 13.8 Å². The van der Waals surface area contributed by atoms with Crippen LogP contribution in [0.25, 0.3) is 0 Å². The quantitative estimate of drug-likeness (QED) is 0.847. The Morgan fingerprint density at radius 3 is 2.63 bits per heavy atom. The van der Waals surface area contributed by atoms with Crippen LogP contribution in [0.1, 0.15) is 57.2 Å². The van der Waals surface area contributed by atoms with Gasteiger partial charge in [-0.2, -0.15) is 4.98 Å². The molecule has 0 amide bonds. The van der Waals surface area contributed by atoms with E-state index in [-0.39, 0.29) is 11.8 Å². The number of nitrogens with one attached hydrogen (secondary N) is 1. The molecule has 0 aromatic carbocycles. The van der Waals surface area contributed by atoms with Crippen LogP contribution in [0.15, 0.2) is 4.52 Å².